The summed E-state index contributed by atoms with van der Waals surface area (Å²) in [6.07, 6.45) is 0. The highest BCUT2D eigenvalue weighted by Crippen LogP contribution is 2.35. The molecule has 0 atom stereocenters. The van der Waals surface area contributed by atoms with E-state index < -0.39 is 0 Å². The molecule has 0 aliphatic rings. The molecule has 0 bridgehead atoms. The minimum atomic E-state index is 0.696. The molecule has 0 fully saturated rings. The lowest BCUT2D eigenvalue weighted by Crippen LogP contribution is -2.01. The van der Waals surface area contributed by atoms with Gasteiger partial charge in [-0.1, -0.05) is 11.6 Å². The fourth-order valence-corrected chi connectivity index (χ4v) is 4.17. The largest absolute Gasteiger partial charge is 0.494 e. The molecule has 0 aliphatic carbocycles. The molecule has 0 saturated carbocycles. The van der Waals surface area contributed by atoms with Crippen LogP contribution in [-0.2, 0) is 6.54 Å². The molecule has 0 radical (unpaired) electrons. The van der Waals surface area contributed by atoms with Crippen LogP contribution in [0.2, 0.25) is 5.02 Å². The van der Waals surface area contributed by atoms with Crippen molar-refractivity contribution < 1.29 is 4.74 Å². The van der Waals surface area contributed by atoms with Crippen molar-refractivity contribution in [1.82, 2.24) is 0 Å². The van der Waals surface area contributed by atoms with Gasteiger partial charge in [-0.05, 0) is 83.7 Å². The summed E-state index contributed by atoms with van der Waals surface area (Å²) in [6, 6.07) is 9.72. The van der Waals surface area contributed by atoms with Gasteiger partial charge in [0.1, 0.15) is 5.75 Å². The first-order valence-corrected chi connectivity index (χ1v) is 8.48. The van der Waals surface area contributed by atoms with Crippen molar-refractivity contribution in [3.8, 4) is 5.75 Å². The van der Waals surface area contributed by atoms with Gasteiger partial charge in [0.2, 0.25) is 0 Å². The Labute approximate surface area is 148 Å². The molecule has 0 amide bonds. The fraction of sp³-hybridized carbons (Fsp3) is 0.143. The first-order valence-electron chi connectivity index (χ1n) is 5.72. The second-order valence-electron chi connectivity index (χ2n) is 4.07. The van der Waals surface area contributed by atoms with Crippen molar-refractivity contribution in [3.63, 3.8) is 0 Å². The van der Waals surface area contributed by atoms with E-state index in [1.165, 1.54) is 0 Å². The van der Waals surface area contributed by atoms with E-state index in [4.69, 9.17) is 16.3 Å². The molecule has 2 aromatic carbocycles. The molecule has 20 heavy (non-hydrogen) atoms. The van der Waals surface area contributed by atoms with Crippen molar-refractivity contribution in [1.29, 1.82) is 0 Å². The van der Waals surface area contributed by atoms with Crippen LogP contribution in [0.1, 0.15) is 5.56 Å². The molecular formula is C14H11Br3ClNO. The van der Waals surface area contributed by atoms with Crippen molar-refractivity contribution in [2.45, 2.75) is 6.54 Å². The summed E-state index contributed by atoms with van der Waals surface area (Å²) < 4.78 is 8.07. The van der Waals surface area contributed by atoms with Gasteiger partial charge in [-0.2, -0.15) is 0 Å². The maximum atomic E-state index is 5.92. The second-order valence-corrected chi connectivity index (χ2v) is 7.07. The fourth-order valence-electron chi connectivity index (χ4n) is 1.74. The predicted octanol–water partition coefficient (Wildman–Crippen LogP) is 6.25. The Morgan fingerprint density at radius 3 is 2.25 bits per heavy atom. The van der Waals surface area contributed by atoms with Gasteiger partial charge in [-0.15, -0.1) is 0 Å². The molecule has 1 N–H and O–H groups in total. The number of methoxy groups -OCH3 is 1. The average molecular weight is 484 g/mol. The Kier molecular flexibility index (Phi) is 5.78. The molecule has 2 nitrogen and oxygen atoms in total. The molecule has 2 aromatic rings. The van der Waals surface area contributed by atoms with Gasteiger partial charge in [0.05, 0.1) is 16.1 Å². The molecular weight excluding hydrogens is 473 g/mol. The monoisotopic (exact) mass is 481 g/mol. The van der Waals surface area contributed by atoms with Crippen molar-refractivity contribution >= 4 is 65.1 Å². The standard InChI is InChI=1S/C14H11Br3ClNO/c1-20-14-11(16)4-8(5-12(14)17)7-19-13-3-2-9(18)6-10(13)15/h2-6,19H,7H2,1H3. The number of hydrogen-bond donors (Lipinski definition) is 1. The number of nitrogens with one attached hydrogen (secondary N) is 1. The number of hydrogen-bond acceptors (Lipinski definition) is 2. The summed E-state index contributed by atoms with van der Waals surface area (Å²) in [4.78, 5) is 0. The highest BCUT2D eigenvalue weighted by Gasteiger charge is 2.08. The zero-order chi connectivity index (χ0) is 14.7. The SMILES string of the molecule is COc1c(Br)cc(CNc2ccc(Cl)cc2Br)cc1Br. The lowest BCUT2D eigenvalue weighted by atomic mass is 10.2. The zero-order valence-electron chi connectivity index (χ0n) is 10.5. The van der Waals surface area contributed by atoms with Gasteiger partial charge in [0.15, 0.2) is 0 Å². The third-order valence-corrected chi connectivity index (χ3v) is 4.75. The predicted molar refractivity (Wildman–Crippen MR) is 94.9 cm³/mol. The summed E-state index contributed by atoms with van der Waals surface area (Å²) >= 11 is 16.4. The lowest BCUT2D eigenvalue weighted by molar-refractivity contribution is 0.409. The van der Waals surface area contributed by atoms with E-state index in [0.29, 0.717) is 11.6 Å². The van der Waals surface area contributed by atoms with E-state index >= 15 is 0 Å². The molecule has 0 heterocycles. The van der Waals surface area contributed by atoms with E-state index in [1.54, 1.807) is 7.11 Å². The lowest BCUT2D eigenvalue weighted by Gasteiger charge is -2.12. The molecule has 106 valence electrons. The second kappa shape index (κ2) is 7.16. The molecule has 0 aliphatic heterocycles. The van der Waals surface area contributed by atoms with E-state index in [1.807, 2.05) is 30.3 Å². The number of rotatable bonds is 4. The van der Waals surface area contributed by atoms with E-state index in [-0.39, 0.29) is 0 Å². The molecule has 0 aromatic heterocycles. The van der Waals surface area contributed by atoms with Crippen molar-refractivity contribution in [2.24, 2.45) is 0 Å². The minimum absolute atomic E-state index is 0.696. The van der Waals surface area contributed by atoms with Gasteiger partial charge < -0.3 is 10.1 Å². The third kappa shape index (κ3) is 3.91. The van der Waals surface area contributed by atoms with E-state index in [0.717, 1.165) is 30.4 Å². The quantitative estimate of drug-likeness (QED) is 0.554. The molecule has 0 saturated heterocycles. The normalized spacial score (nSPS) is 10.4. The number of ether oxygens (including phenoxy) is 1. The topological polar surface area (TPSA) is 21.3 Å². The van der Waals surface area contributed by atoms with Crippen LogP contribution in [0.4, 0.5) is 5.69 Å². The minimum Gasteiger partial charge on any atom is -0.494 e. The van der Waals surface area contributed by atoms with Crippen LogP contribution in [-0.4, -0.2) is 7.11 Å². The van der Waals surface area contributed by atoms with Crippen LogP contribution in [0, 0.1) is 0 Å². The smallest absolute Gasteiger partial charge is 0.147 e. The molecule has 6 heteroatoms. The Morgan fingerprint density at radius 2 is 1.70 bits per heavy atom. The Hall–Kier alpha value is -0.230. The average Bonchev–Trinajstić information content (AvgIpc) is 2.37. The Morgan fingerprint density at radius 1 is 1.05 bits per heavy atom. The maximum absolute atomic E-state index is 5.92. The first-order chi connectivity index (χ1) is 9.51. The summed E-state index contributed by atoms with van der Waals surface area (Å²) in [5, 5.41) is 4.07. The summed E-state index contributed by atoms with van der Waals surface area (Å²) in [5.74, 6) is 0.793. The molecule has 0 spiro atoms. The van der Waals surface area contributed by atoms with Crippen LogP contribution >= 0.6 is 59.4 Å². The summed E-state index contributed by atoms with van der Waals surface area (Å²) in [5.41, 5.74) is 2.13. The van der Waals surface area contributed by atoms with Crippen LogP contribution in [0.25, 0.3) is 0 Å². The van der Waals surface area contributed by atoms with Crippen LogP contribution in [0.3, 0.4) is 0 Å². The Balaban J connectivity index is 2.15. The van der Waals surface area contributed by atoms with Crippen LogP contribution in [0.5, 0.6) is 5.75 Å². The molecule has 0 unspecified atom stereocenters. The summed E-state index contributed by atoms with van der Waals surface area (Å²) in [6.45, 7) is 0.696. The van der Waals surface area contributed by atoms with Crippen LogP contribution in [0.15, 0.2) is 43.7 Å². The maximum Gasteiger partial charge on any atom is 0.147 e. The van der Waals surface area contributed by atoms with E-state index in [9.17, 15) is 0 Å². The number of halogens is 4. The highest BCUT2D eigenvalue weighted by atomic mass is 79.9. The number of benzene rings is 2. The van der Waals surface area contributed by atoms with Crippen LogP contribution < -0.4 is 10.1 Å². The number of anilines is 1. The highest BCUT2D eigenvalue weighted by molar-refractivity contribution is 9.11. The van der Waals surface area contributed by atoms with Crippen molar-refractivity contribution in [3.05, 3.63) is 54.3 Å². The third-order valence-electron chi connectivity index (χ3n) is 2.68. The Bertz CT molecular complexity index is 611. The van der Waals surface area contributed by atoms with Gasteiger partial charge >= 0.3 is 0 Å². The van der Waals surface area contributed by atoms with Crippen molar-refractivity contribution in [2.75, 3.05) is 12.4 Å². The van der Waals surface area contributed by atoms with Gasteiger partial charge in [0.25, 0.3) is 0 Å². The molecule has 2 rings (SSSR count). The zero-order valence-corrected chi connectivity index (χ0v) is 16.0. The van der Waals surface area contributed by atoms with E-state index in [2.05, 4.69) is 53.1 Å². The van der Waals surface area contributed by atoms with Gasteiger partial charge in [-0.25, -0.2) is 0 Å². The summed E-state index contributed by atoms with van der Waals surface area (Å²) in [7, 11) is 1.65. The van der Waals surface area contributed by atoms with Gasteiger partial charge in [-0.3, -0.25) is 0 Å². The first kappa shape index (κ1) is 16.1. The van der Waals surface area contributed by atoms with Gasteiger partial charge in [0, 0.05) is 21.7 Å².